The first-order valence-corrected chi connectivity index (χ1v) is 4.29. The van der Waals surface area contributed by atoms with Gasteiger partial charge in [0.05, 0.1) is 0 Å². The van der Waals surface area contributed by atoms with Gasteiger partial charge in [-0.1, -0.05) is 24.3 Å². The van der Waals surface area contributed by atoms with Crippen LogP contribution in [0.4, 0.5) is 0 Å². The molecule has 1 aromatic carbocycles. The van der Waals surface area contributed by atoms with E-state index in [4.69, 9.17) is 0 Å². The maximum atomic E-state index is 3.98. The largest absolute Gasteiger partial charge is 0.265 e. The van der Waals surface area contributed by atoms with E-state index in [9.17, 15) is 0 Å². The summed E-state index contributed by atoms with van der Waals surface area (Å²) in [7, 11) is 0. The number of hydrogen-bond donors (Lipinski definition) is 0. The number of rotatable bonds is 2. The van der Waals surface area contributed by atoms with Crippen LogP contribution in [-0.2, 0) is 6.42 Å². The number of nitrogens with zero attached hydrogens (tertiary/aromatic N) is 1. The molecule has 0 unspecified atom stereocenters. The second-order valence-corrected chi connectivity index (χ2v) is 2.94. The molecule has 0 amide bonds. The summed E-state index contributed by atoms with van der Waals surface area (Å²) in [5.74, 6) is 0. The second kappa shape index (κ2) is 3.85. The Morgan fingerprint density at radius 2 is 1.54 bits per heavy atom. The Balaban J connectivity index is 2.16. The van der Waals surface area contributed by atoms with Gasteiger partial charge >= 0.3 is 0 Å². The average Bonchev–Trinajstić information content (AvgIpc) is 2.21. The van der Waals surface area contributed by atoms with E-state index in [-0.39, 0.29) is 0 Å². The van der Waals surface area contributed by atoms with Crippen molar-refractivity contribution >= 4 is 0 Å². The number of hydrogen-bond acceptors (Lipinski definition) is 1. The molecule has 0 saturated heterocycles. The molecule has 0 saturated carbocycles. The second-order valence-electron chi connectivity index (χ2n) is 2.94. The third-order valence-electron chi connectivity index (χ3n) is 1.94. The molecule has 1 heterocycles. The van der Waals surface area contributed by atoms with E-state index >= 15 is 0 Å². The van der Waals surface area contributed by atoms with E-state index in [1.165, 1.54) is 11.1 Å². The number of aromatic nitrogens is 1. The first-order valence-electron chi connectivity index (χ1n) is 4.29. The molecule has 2 aromatic rings. The molecule has 63 valence electrons. The molecule has 13 heavy (non-hydrogen) atoms. The zero-order valence-electron chi connectivity index (χ0n) is 7.27. The van der Waals surface area contributed by atoms with Crippen molar-refractivity contribution < 1.29 is 0 Å². The fourth-order valence-corrected chi connectivity index (χ4v) is 1.28. The van der Waals surface area contributed by atoms with Crippen LogP contribution < -0.4 is 0 Å². The van der Waals surface area contributed by atoms with Crippen molar-refractivity contribution in [3.63, 3.8) is 0 Å². The molecule has 0 aliphatic carbocycles. The maximum Gasteiger partial charge on any atom is 0.0270 e. The van der Waals surface area contributed by atoms with Crippen molar-refractivity contribution in [2.24, 2.45) is 0 Å². The molecule has 0 aliphatic rings. The SMILES string of the molecule is [c]1ccc(Cc2ccncc2)cc1. The lowest BCUT2D eigenvalue weighted by Crippen LogP contribution is -1.86. The lowest BCUT2D eigenvalue weighted by atomic mass is 10.1. The minimum Gasteiger partial charge on any atom is -0.265 e. The van der Waals surface area contributed by atoms with Crippen molar-refractivity contribution in [3.05, 3.63) is 66.0 Å². The van der Waals surface area contributed by atoms with Gasteiger partial charge in [-0.2, -0.15) is 0 Å². The van der Waals surface area contributed by atoms with Gasteiger partial charge in [-0.3, -0.25) is 4.98 Å². The smallest absolute Gasteiger partial charge is 0.0270 e. The van der Waals surface area contributed by atoms with Gasteiger partial charge in [0.15, 0.2) is 0 Å². The zero-order valence-corrected chi connectivity index (χ0v) is 7.27. The van der Waals surface area contributed by atoms with Crippen LogP contribution in [0.5, 0.6) is 0 Å². The quantitative estimate of drug-likeness (QED) is 0.671. The summed E-state index contributed by atoms with van der Waals surface area (Å²) in [6, 6.07) is 15.1. The molecular weight excluding hydrogens is 158 g/mol. The van der Waals surface area contributed by atoms with Crippen LogP contribution in [0.15, 0.2) is 48.8 Å². The molecule has 1 aromatic heterocycles. The Labute approximate surface area is 78.1 Å². The molecule has 0 N–H and O–H groups in total. The molecular formula is C12H10N. The highest BCUT2D eigenvalue weighted by molar-refractivity contribution is 5.23. The summed E-state index contributed by atoms with van der Waals surface area (Å²) in [6.07, 6.45) is 4.62. The lowest BCUT2D eigenvalue weighted by molar-refractivity contribution is 1.16. The van der Waals surface area contributed by atoms with Gasteiger partial charge in [-0.25, -0.2) is 0 Å². The number of pyridine rings is 1. The molecule has 0 fully saturated rings. The Morgan fingerprint density at radius 3 is 2.23 bits per heavy atom. The Morgan fingerprint density at radius 1 is 0.923 bits per heavy atom. The molecule has 2 rings (SSSR count). The topological polar surface area (TPSA) is 12.9 Å². The number of benzene rings is 1. The third kappa shape index (κ3) is 2.15. The van der Waals surface area contributed by atoms with Gasteiger partial charge in [0.1, 0.15) is 0 Å². The van der Waals surface area contributed by atoms with Gasteiger partial charge in [0, 0.05) is 12.4 Å². The molecule has 0 atom stereocenters. The predicted octanol–water partition coefficient (Wildman–Crippen LogP) is 2.47. The van der Waals surface area contributed by atoms with E-state index in [0.29, 0.717) is 0 Å². The lowest BCUT2D eigenvalue weighted by Gasteiger charge is -1.99. The highest BCUT2D eigenvalue weighted by atomic mass is 14.6. The Bertz CT molecular complexity index is 316. The molecule has 0 aliphatic heterocycles. The fourth-order valence-electron chi connectivity index (χ4n) is 1.28. The average molecular weight is 168 g/mol. The highest BCUT2D eigenvalue weighted by Crippen LogP contribution is 2.06. The standard InChI is InChI=1S/C12H10N/c1-2-4-11(5-3-1)10-12-6-8-13-9-7-12/h2-9H,10H2. The first kappa shape index (κ1) is 7.99. The minimum atomic E-state index is 0.969. The van der Waals surface area contributed by atoms with E-state index in [1.807, 2.05) is 36.7 Å². The van der Waals surface area contributed by atoms with Crippen LogP contribution in [-0.4, -0.2) is 4.98 Å². The van der Waals surface area contributed by atoms with Gasteiger partial charge < -0.3 is 0 Å². The van der Waals surface area contributed by atoms with Crippen LogP contribution in [0.2, 0.25) is 0 Å². The van der Waals surface area contributed by atoms with E-state index < -0.39 is 0 Å². The van der Waals surface area contributed by atoms with Gasteiger partial charge in [0.2, 0.25) is 0 Å². The van der Waals surface area contributed by atoms with Crippen LogP contribution in [0, 0.1) is 6.07 Å². The van der Waals surface area contributed by atoms with Crippen LogP contribution in [0.3, 0.4) is 0 Å². The summed E-state index contributed by atoms with van der Waals surface area (Å²) in [4.78, 5) is 3.98. The van der Waals surface area contributed by atoms with Crippen molar-refractivity contribution in [2.45, 2.75) is 6.42 Å². The molecule has 1 radical (unpaired) electrons. The van der Waals surface area contributed by atoms with Crippen molar-refractivity contribution in [2.75, 3.05) is 0 Å². The van der Waals surface area contributed by atoms with E-state index in [1.54, 1.807) is 0 Å². The summed E-state index contributed by atoms with van der Waals surface area (Å²) in [5, 5.41) is 0. The summed E-state index contributed by atoms with van der Waals surface area (Å²) in [5.41, 5.74) is 2.60. The molecule has 1 nitrogen and oxygen atoms in total. The van der Waals surface area contributed by atoms with E-state index in [0.717, 1.165) is 6.42 Å². The van der Waals surface area contributed by atoms with Gasteiger partial charge in [-0.05, 0) is 35.7 Å². The van der Waals surface area contributed by atoms with E-state index in [2.05, 4.69) is 23.2 Å². The monoisotopic (exact) mass is 168 g/mol. The van der Waals surface area contributed by atoms with Crippen molar-refractivity contribution in [3.8, 4) is 0 Å². The Kier molecular flexibility index (Phi) is 2.37. The normalized spacial score (nSPS) is 9.85. The zero-order chi connectivity index (χ0) is 8.93. The van der Waals surface area contributed by atoms with Crippen LogP contribution in [0.25, 0.3) is 0 Å². The minimum absolute atomic E-state index is 0.969. The molecule has 0 spiro atoms. The summed E-state index contributed by atoms with van der Waals surface area (Å²) < 4.78 is 0. The van der Waals surface area contributed by atoms with Crippen molar-refractivity contribution in [1.82, 2.24) is 4.98 Å². The third-order valence-corrected chi connectivity index (χ3v) is 1.94. The van der Waals surface area contributed by atoms with Crippen LogP contribution >= 0.6 is 0 Å². The summed E-state index contributed by atoms with van der Waals surface area (Å²) in [6.45, 7) is 0. The first-order chi connectivity index (χ1) is 6.45. The van der Waals surface area contributed by atoms with Crippen molar-refractivity contribution in [1.29, 1.82) is 0 Å². The fraction of sp³-hybridized carbons (Fsp3) is 0.0833. The van der Waals surface area contributed by atoms with Gasteiger partial charge in [0.25, 0.3) is 0 Å². The maximum absolute atomic E-state index is 3.98. The molecule has 1 heteroatoms. The van der Waals surface area contributed by atoms with Gasteiger partial charge in [-0.15, -0.1) is 0 Å². The summed E-state index contributed by atoms with van der Waals surface area (Å²) >= 11 is 0. The van der Waals surface area contributed by atoms with Crippen LogP contribution in [0.1, 0.15) is 11.1 Å². The predicted molar refractivity (Wildman–Crippen MR) is 52.3 cm³/mol. The molecule has 0 bridgehead atoms. The highest BCUT2D eigenvalue weighted by Gasteiger charge is 1.93. The Hall–Kier alpha value is -1.63.